The summed E-state index contributed by atoms with van der Waals surface area (Å²) in [6.07, 6.45) is 0.669. The van der Waals surface area contributed by atoms with Crippen LogP contribution in [-0.2, 0) is 6.42 Å². The number of carboxylic acids is 1. The van der Waals surface area contributed by atoms with E-state index in [-0.39, 0.29) is 5.69 Å². The van der Waals surface area contributed by atoms with Gasteiger partial charge in [-0.2, -0.15) is 0 Å². The maximum absolute atomic E-state index is 11.2. The van der Waals surface area contributed by atoms with Crippen molar-refractivity contribution in [3.63, 3.8) is 0 Å². The molecule has 1 heterocycles. The maximum Gasteiger partial charge on any atom is 0.355 e. The number of aromatic nitrogens is 2. The van der Waals surface area contributed by atoms with Crippen LogP contribution in [0.2, 0.25) is 0 Å². The Hall–Kier alpha value is -1.49. The van der Waals surface area contributed by atoms with Gasteiger partial charge in [0, 0.05) is 16.3 Å². The minimum atomic E-state index is -1.02. The standard InChI is InChI=1S/C13H13BrN2O2/c1-7(2)5-11-15-10-6-8(14)3-4-9(10)12(16-11)13(17)18/h3-4,6-7H,5H2,1-2H3,(H,17,18). The number of halogens is 1. The Labute approximate surface area is 113 Å². The van der Waals surface area contributed by atoms with Crippen molar-refractivity contribution in [1.82, 2.24) is 9.97 Å². The van der Waals surface area contributed by atoms with E-state index in [0.29, 0.717) is 29.1 Å². The second-order valence-corrected chi connectivity index (χ2v) is 5.47. The molecule has 0 saturated carbocycles. The summed E-state index contributed by atoms with van der Waals surface area (Å²) in [4.78, 5) is 19.8. The highest BCUT2D eigenvalue weighted by Gasteiger charge is 2.14. The monoisotopic (exact) mass is 308 g/mol. The highest BCUT2D eigenvalue weighted by molar-refractivity contribution is 9.10. The number of carboxylic acid groups (broad SMARTS) is 1. The summed E-state index contributed by atoms with van der Waals surface area (Å²) in [5.41, 5.74) is 0.732. The molecule has 18 heavy (non-hydrogen) atoms. The van der Waals surface area contributed by atoms with Gasteiger partial charge in [0.25, 0.3) is 0 Å². The number of rotatable bonds is 3. The quantitative estimate of drug-likeness (QED) is 0.945. The van der Waals surface area contributed by atoms with E-state index in [0.717, 1.165) is 4.47 Å². The Kier molecular flexibility index (Phi) is 3.61. The van der Waals surface area contributed by atoms with Crippen molar-refractivity contribution in [1.29, 1.82) is 0 Å². The molecule has 0 fully saturated rings. The van der Waals surface area contributed by atoms with Gasteiger partial charge in [-0.05, 0) is 24.1 Å². The molecule has 0 aliphatic rings. The Bertz CT molecular complexity index is 611. The lowest BCUT2D eigenvalue weighted by molar-refractivity contribution is 0.0692. The van der Waals surface area contributed by atoms with Gasteiger partial charge in [0.05, 0.1) is 5.52 Å². The van der Waals surface area contributed by atoms with E-state index in [1.807, 2.05) is 6.07 Å². The molecule has 2 aromatic rings. The summed E-state index contributed by atoms with van der Waals surface area (Å²) in [6.45, 7) is 4.10. The van der Waals surface area contributed by atoms with Crippen LogP contribution >= 0.6 is 15.9 Å². The molecule has 1 N–H and O–H groups in total. The van der Waals surface area contributed by atoms with Gasteiger partial charge in [-0.25, -0.2) is 14.8 Å². The van der Waals surface area contributed by atoms with Gasteiger partial charge >= 0.3 is 5.97 Å². The van der Waals surface area contributed by atoms with E-state index in [1.165, 1.54) is 0 Å². The number of nitrogens with zero attached hydrogens (tertiary/aromatic N) is 2. The highest BCUT2D eigenvalue weighted by atomic mass is 79.9. The Balaban J connectivity index is 2.66. The van der Waals surface area contributed by atoms with Crippen molar-refractivity contribution in [3.8, 4) is 0 Å². The lowest BCUT2D eigenvalue weighted by Crippen LogP contribution is -2.08. The molecule has 94 valence electrons. The first kappa shape index (κ1) is 13.0. The fourth-order valence-electron chi connectivity index (χ4n) is 1.77. The first-order valence-corrected chi connectivity index (χ1v) is 6.46. The molecular weight excluding hydrogens is 296 g/mol. The van der Waals surface area contributed by atoms with Gasteiger partial charge in [-0.15, -0.1) is 0 Å². The molecule has 0 spiro atoms. The third-order valence-corrected chi connectivity index (χ3v) is 2.99. The van der Waals surface area contributed by atoms with Crippen molar-refractivity contribution < 1.29 is 9.90 Å². The zero-order valence-electron chi connectivity index (χ0n) is 10.1. The average molecular weight is 309 g/mol. The molecule has 0 aliphatic carbocycles. The fourth-order valence-corrected chi connectivity index (χ4v) is 2.12. The maximum atomic E-state index is 11.2. The highest BCUT2D eigenvalue weighted by Crippen LogP contribution is 2.21. The molecular formula is C13H13BrN2O2. The minimum Gasteiger partial charge on any atom is -0.476 e. The predicted octanol–water partition coefficient (Wildman–Crippen LogP) is 3.29. The van der Waals surface area contributed by atoms with E-state index in [2.05, 4.69) is 39.7 Å². The summed E-state index contributed by atoms with van der Waals surface area (Å²) < 4.78 is 0.875. The molecule has 2 rings (SSSR count). The second-order valence-electron chi connectivity index (χ2n) is 4.55. The van der Waals surface area contributed by atoms with Crippen molar-refractivity contribution in [3.05, 3.63) is 34.2 Å². The molecule has 0 atom stereocenters. The molecule has 1 aromatic carbocycles. The van der Waals surface area contributed by atoms with Crippen molar-refractivity contribution >= 4 is 32.8 Å². The molecule has 0 amide bonds. The number of aromatic carboxylic acids is 1. The first-order chi connectivity index (χ1) is 8.47. The zero-order chi connectivity index (χ0) is 13.3. The van der Waals surface area contributed by atoms with Gasteiger partial charge in [0.15, 0.2) is 5.69 Å². The first-order valence-electron chi connectivity index (χ1n) is 5.67. The van der Waals surface area contributed by atoms with Crippen molar-refractivity contribution in [2.75, 3.05) is 0 Å². The number of fused-ring (bicyclic) bond motifs is 1. The number of hydrogen-bond acceptors (Lipinski definition) is 3. The molecule has 0 unspecified atom stereocenters. The lowest BCUT2D eigenvalue weighted by Gasteiger charge is -2.07. The number of benzene rings is 1. The van der Waals surface area contributed by atoms with Gasteiger partial charge in [0.2, 0.25) is 0 Å². The van der Waals surface area contributed by atoms with Gasteiger partial charge in [-0.1, -0.05) is 29.8 Å². The zero-order valence-corrected chi connectivity index (χ0v) is 11.7. The SMILES string of the molecule is CC(C)Cc1nc(C(=O)O)c2ccc(Br)cc2n1. The van der Waals surface area contributed by atoms with Crippen LogP contribution < -0.4 is 0 Å². The van der Waals surface area contributed by atoms with Crippen LogP contribution in [0.3, 0.4) is 0 Å². The molecule has 1 aromatic heterocycles. The Morgan fingerprint density at radius 2 is 2.11 bits per heavy atom. The number of carbonyl (C=O) groups is 1. The second kappa shape index (κ2) is 5.02. The molecule has 4 nitrogen and oxygen atoms in total. The summed E-state index contributed by atoms with van der Waals surface area (Å²) in [6, 6.07) is 5.33. The summed E-state index contributed by atoms with van der Waals surface area (Å²) in [5, 5.41) is 9.78. The van der Waals surface area contributed by atoms with Gasteiger partial charge in [0.1, 0.15) is 5.82 Å². The third kappa shape index (κ3) is 2.67. The van der Waals surface area contributed by atoms with E-state index < -0.39 is 5.97 Å². The molecule has 5 heteroatoms. The lowest BCUT2D eigenvalue weighted by atomic mass is 10.1. The molecule has 0 aliphatic heterocycles. The Morgan fingerprint density at radius 3 is 2.72 bits per heavy atom. The van der Waals surface area contributed by atoms with E-state index in [1.54, 1.807) is 12.1 Å². The van der Waals surface area contributed by atoms with Crippen molar-refractivity contribution in [2.45, 2.75) is 20.3 Å². The normalized spacial score (nSPS) is 11.1. The van der Waals surface area contributed by atoms with Crippen molar-refractivity contribution in [2.24, 2.45) is 5.92 Å². The largest absolute Gasteiger partial charge is 0.476 e. The van der Waals surface area contributed by atoms with Crippen LogP contribution in [0.5, 0.6) is 0 Å². The van der Waals surface area contributed by atoms with Crippen LogP contribution in [0.1, 0.15) is 30.2 Å². The van der Waals surface area contributed by atoms with Gasteiger partial charge in [-0.3, -0.25) is 0 Å². The molecule has 0 saturated heterocycles. The predicted molar refractivity (Wildman–Crippen MR) is 72.7 cm³/mol. The van der Waals surface area contributed by atoms with Crippen LogP contribution in [-0.4, -0.2) is 21.0 Å². The van der Waals surface area contributed by atoms with Crippen LogP contribution in [0.4, 0.5) is 0 Å². The molecule has 0 bridgehead atoms. The summed E-state index contributed by atoms with van der Waals surface area (Å²) >= 11 is 3.36. The average Bonchev–Trinajstić information content (AvgIpc) is 2.26. The fraction of sp³-hybridized carbons (Fsp3) is 0.308. The summed E-state index contributed by atoms with van der Waals surface area (Å²) in [7, 11) is 0. The summed E-state index contributed by atoms with van der Waals surface area (Å²) in [5.74, 6) is -0.0565. The third-order valence-electron chi connectivity index (χ3n) is 2.50. The Morgan fingerprint density at radius 1 is 1.39 bits per heavy atom. The number of hydrogen-bond donors (Lipinski definition) is 1. The smallest absolute Gasteiger partial charge is 0.355 e. The minimum absolute atomic E-state index is 0.0724. The van der Waals surface area contributed by atoms with E-state index in [4.69, 9.17) is 0 Å². The van der Waals surface area contributed by atoms with E-state index >= 15 is 0 Å². The topological polar surface area (TPSA) is 63.1 Å². The van der Waals surface area contributed by atoms with Gasteiger partial charge < -0.3 is 5.11 Å². The van der Waals surface area contributed by atoms with Crippen LogP contribution in [0, 0.1) is 5.92 Å². The van der Waals surface area contributed by atoms with E-state index in [9.17, 15) is 9.90 Å². The molecule has 0 radical (unpaired) electrons. The van der Waals surface area contributed by atoms with Crippen LogP contribution in [0.15, 0.2) is 22.7 Å². The van der Waals surface area contributed by atoms with Crippen LogP contribution in [0.25, 0.3) is 10.9 Å².